The number of rotatable bonds is 6. The molecule has 0 unspecified atom stereocenters. The fraction of sp³-hybridized carbons (Fsp3) is 0.143. The van der Waals surface area contributed by atoms with Gasteiger partial charge in [-0.3, -0.25) is 4.55 Å². The van der Waals surface area contributed by atoms with E-state index in [9.17, 15) is 17.9 Å². The van der Waals surface area contributed by atoms with E-state index in [2.05, 4.69) is 5.29 Å². The molecule has 7 heteroatoms. The van der Waals surface area contributed by atoms with Crippen molar-refractivity contribution in [3.63, 3.8) is 0 Å². The van der Waals surface area contributed by atoms with Gasteiger partial charge < -0.3 is 0 Å². The summed E-state index contributed by atoms with van der Waals surface area (Å²) < 4.78 is 32.7. The van der Waals surface area contributed by atoms with E-state index in [1.54, 1.807) is 48.5 Å². The summed E-state index contributed by atoms with van der Waals surface area (Å²) in [5.41, 5.74) is 0.984. The minimum absolute atomic E-state index is 0.0241. The van der Waals surface area contributed by atoms with Crippen LogP contribution in [0.4, 0.5) is 0 Å². The van der Waals surface area contributed by atoms with Crippen molar-refractivity contribution in [3.8, 4) is 0 Å². The summed E-state index contributed by atoms with van der Waals surface area (Å²) in [4.78, 5) is 11.1. The second-order valence-corrected chi connectivity index (χ2v) is 5.92. The first-order valence-electron chi connectivity index (χ1n) is 6.17. The van der Waals surface area contributed by atoms with Crippen molar-refractivity contribution in [2.24, 2.45) is 5.29 Å². The first-order chi connectivity index (χ1) is 10.0. The van der Waals surface area contributed by atoms with Crippen molar-refractivity contribution >= 4 is 10.1 Å². The largest absolute Gasteiger partial charge is 0.292 e. The molecule has 0 spiro atoms. The van der Waals surface area contributed by atoms with E-state index in [-0.39, 0.29) is 12.1 Å². The lowest BCUT2D eigenvalue weighted by Crippen LogP contribution is -2.29. The van der Waals surface area contributed by atoms with Crippen LogP contribution < -0.4 is 0 Å². The van der Waals surface area contributed by atoms with Gasteiger partial charge in [0.25, 0.3) is 10.1 Å². The summed E-state index contributed by atoms with van der Waals surface area (Å²) in [6, 6.07) is 16.8. The van der Waals surface area contributed by atoms with Gasteiger partial charge in [0.2, 0.25) is 5.37 Å². The van der Waals surface area contributed by atoms with Crippen LogP contribution in [0.2, 0.25) is 0 Å². The van der Waals surface area contributed by atoms with E-state index >= 15 is 0 Å². The van der Waals surface area contributed by atoms with Gasteiger partial charge in [-0.25, -0.2) is 5.01 Å². The standard InChI is InChI=1S/C14H14N2O4S/c17-15-16(11-12-7-3-1-4-8-12)14(21(18,19)20)13-9-5-2-6-10-13/h1-10,14H,11H2,(H,18,19,20)/t14-/m0/s1. The van der Waals surface area contributed by atoms with Crippen molar-refractivity contribution in [1.82, 2.24) is 5.01 Å². The second-order valence-electron chi connectivity index (χ2n) is 4.44. The first-order valence-corrected chi connectivity index (χ1v) is 7.68. The lowest BCUT2D eigenvalue weighted by molar-refractivity contribution is 0.237. The molecule has 0 aliphatic rings. The number of nitrogens with zero attached hydrogens (tertiary/aromatic N) is 2. The van der Waals surface area contributed by atoms with Crippen LogP contribution in [0.1, 0.15) is 16.5 Å². The Balaban J connectivity index is 2.37. The van der Waals surface area contributed by atoms with Gasteiger partial charge in [0.05, 0.1) is 11.8 Å². The summed E-state index contributed by atoms with van der Waals surface area (Å²) in [6.45, 7) is -0.0241. The summed E-state index contributed by atoms with van der Waals surface area (Å²) in [6.07, 6.45) is 0. The Kier molecular flexibility index (Phi) is 4.66. The zero-order chi connectivity index (χ0) is 15.3. The molecule has 0 fully saturated rings. The molecule has 1 atom stereocenters. The number of nitroso groups, excluding NO2 is 1. The minimum Gasteiger partial charge on any atom is -0.284 e. The topological polar surface area (TPSA) is 87.0 Å². The number of hydrogen-bond donors (Lipinski definition) is 1. The van der Waals surface area contributed by atoms with Gasteiger partial charge in [-0.2, -0.15) is 8.42 Å². The molecule has 0 amide bonds. The number of benzene rings is 2. The van der Waals surface area contributed by atoms with E-state index < -0.39 is 15.5 Å². The predicted molar refractivity (Wildman–Crippen MR) is 78.5 cm³/mol. The molecule has 0 radical (unpaired) electrons. The van der Waals surface area contributed by atoms with E-state index in [1.165, 1.54) is 12.1 Å². The summed E-state index contributed by atoms with van der Waals surface area (Å²) >= 11 is 0. The normalized spacial score (nSPS) is 12.6. The molecule has 2 rings (SSSR count). The highest BCUT2D eigenvalue weighted by Gasteiger charge is 2.32. The molecule has 0 aromatic heterocycles. The smallest absolute Gasteiger partial charge is 0.284 e. The maximum Gasteiger partial charge on any atom is 0.292 e. The fourth-order valence-electron chi connectivity index (χ4n) is 2.04. The molecule has 0 saturated heterocycles. The summed E-state index contributed by atoms with van der Waals surface area (Å²) in [7, 11) is -4.52. The third-order valence-corrected chi connectivity index (χ3v) is 4.01. The number of hydrogen-bond acceptors (Lipinski definition) is 4. The van der Waals surface area contributed by atoms with Crippen molar-refractivity contribution in [2.75, 3.05) is 0 Å². The zero-order valence-corrected chi connectivity index (χ0v) is 11.8. The minimum atomic E-state index is -4.52. The SMILES string of the molecule is O=NN(Cc1ccccc1)[C@H](c1ccccc1)S(=O)(=O)O. The fourth-order valence-corrected chi connectivity index (χ4v) is 2.96. The Bertz CT molecular complexity index is 689. The first kappa shape index (κ1) is 15.1. The molecule has 0 saturated carbocycles. The van der Waals surface area contributed by atoms with Gasteiger partial charge in [0, 0.05) is 0 Å². The quantitative estimate of drug-likeness (QED) is 0.504. The van der Waals surface area contributed by atoms with Crippen molar-refractivity contribution in [2.45, 2.75) is 11.9 Å². The maximum absolute atomic E-state index is 11.6. The van der Waals surface area contributed by atoms with Crippen LogP contribution in [0.3, 0.4) is 0 Å². The van der Waals surface area contributed by atoms with Crippen LogP contribution in [-0.2, 0) is 16.7 Å². The second kappa shape index (κ2) is 6.47. The molecular formula is C14H14N2O4S. The predicted octanol–water partition coefficient (Wildman–Crippen LogP) is 2.76. The van der Waals surface area contributed by atoms with Gasteiger partial charge in [-0.1, -0.05) is 60.7 Å². The lowest BCUT2D eigenvalue weighted by Gasteiger charge is -2.24. The molecule has 110 valence electrons. The zero-order valence-electron chi connectivity index (χ0n) is 11.0. The summed E-state index contributed by atoms with van der Waals surface area (Å²) in [5.74, 6) is 0. The van der Waals surface area contributed by atoms with Gasteiger partial charge >= 0.3 is 0 Å². The van der Waals surface area contributed by atoms with E-state index in [0.717, 1.165) is 5.01 Å². The molecule has 0 bridgehead atoms. The van der Waals surface area contributed by atoms with Crippen molar-refractivity contribution in [3.05, 3.63) is 76.7 Å². The highest BCUT2D eigenvalue weighted by atomic mass is 32.2. The van der Waals surface area contributed by atoms with Gasteiger partial charge in [-0.15, -0.1) is 4.91 Å². The van der Waals surface area contributed by atoms with Crippen LogP contribution >= 0.6 is 0 Å². The molecule has 0 aliphatic carbocycles. The molecule has 0 heterocycles. The molecule has 21 heavy (non-hydrogen) atoms. The Morgan fingerprint density at radius 2 is 1.52 bits per heavy atom. The van der Waals surface area contributed by atoms with Crippen LogP contribution in [-0.4, -0.2) is 18.0 Å². The Hall–Kier alpha value is -2.25. The van der Waals surface area contributed by atoms with E-state index in [4.69, 9.17) is 0 Å². The van der Waals surface area contributed by atoms with Crippen molar-refractivity contribution in [1.29, 1.82) is 0 Å². The maximum atomic E-state index is 11.6. The molecule has 6 nitrogen and oxygen atoms in total. The highest BCUT2D eigenvalue weighted by Crippen LogP contribution is 2.27. The van der Waals surface area contributed by atoms with E-state index in [0.29, 0.717) is 5.56 Å². The monoisotopic (exact) mass is 306 g/mol. The van der Waals surface area contributed by atoms with Crippen LogP contribution in [0.25, 0.3) is 0 Å². The van der Waals surface area contributed by atoms with Crippen LogP contribution in [0.5, 0.6) is 0 Å². The molecule has 2 aromatic rings. The Labute approximate surface area is 122 Å². The summed E-state index contributed by atoms with van der Waals surface area (Å²) in [5, 5.41) is 2.05. The van der Waals surface area contributed by atoms with Crippen molar-refractivity contribution < 1.29 is 13.0 Å². The Morgan fingerprint density at radius 1 is 1.00 bits per heavy atom. The average molecular weight is 306 g/mol. The van der Waals surface area contributed by atoms with E-state index in [1.807, 2.05) is 0 Å². The highest BCUT2D eigenvalue weighted by molar-refractivity contribution is 7.86. The molecular weight excluding hydrogens is 292 g/mol. The van der Waals surface area contributed by atoms with Crippen LogP contribution in [0.15, 0.2) is 65.9 Å². The third-order valence-electron chi connectivity index (χ3n) is 2.93. The average Bonchev–Trinajstić information content (AvgIpc) is 2.47. The van der Waals surface area contributed by atoms with Gasteiger partial charge in [0.15, 0.2) is 0 Å². The van der Waals surface area contributed by atoms with Gasteiger partial charge in [0.1, 0.15) is 0 Å². The van der Waals surface area contributed by atoms with Crippen LogP contribution in [0, 0.1) is 4.91 Å². The molecule has 0 aliphatic heterocycles. The Morgan fingerprint density at radius 3 is 2.00 bits per heavy atom. The van der Waals surface area contributed by atoms with Gasteiger partial charge in [-0.05, 0) is 11.1 Å². The molecule has 2 aromatic carbocycles. The lowest BCUT2D eigenvalue weighted by atomic mass is 10.2. The molecule has 1 N–H and O–H groups in total. The third kappa shape index (κ3) is 3.87.